The number of benzene rings is 2. The maximum absolute atomic E-state index is 12.6. The highest BCUT2D eigenvalue weighted by molar-refractivity contribution is 5.77. The third kappa shape index (κ3) is 5.41. The van der Waals surface area contributed by atoms with Crippen LogP contribution in [0, 0.1) is 5.92 Å². The SMILES string of the molecule is O=C(CCN1CCC(C(=O)O)CC1)NC(c1ccccc1)c1ccccc1. The first-order valence-electron chi connectivity index (χ1n) is 9.48. The normalized spacial score (nSPS) is 15.6. The fourth-order valence-corrected chi connectivity index (χ4v) is 3.55. The summed E-state index contributed by atoms with van der Waals surface area (Å²) in [7, 11) is 0. The molecule has 0 unspecified atom stereocenters. The molecule has 1 amide bonds. The molecule has 3 rings (SSSR count). The summed E-state index contributed by atoms with van der Waals surface area (Å²) >= 11 is 0. The molecule has 0 bridgehead atoms. The van der Waals surface area contributed by atoms with E-state index >= 15 is 0 Å². The third-order valence-electron chi connectivity index (χ3n) is 5.16. The van der Waals surface area contributed by atoms with Gasteiger partial charge in [0.25, 0.3) is 0 Å². The largest absolute Gasteiger partial charge is 0.481 e. The number of carboxylic acid groups (broad SMARTS) is 1. The molecule has 0 radical (unpaired) electrons. The summed E-state index contributed by atoms with van der Waals surface area (Å²) in [5.41, 5.74) is 2.11. The lowest BCUT2D eigenvalue weighted by Crippen LogP contribution is -2.39. The molecule has 5 nitrogen and oxygen atoms in total. The second-order valence-electron chi connectivity index (χ2n) is 7.03. The highest BCUT2D eigenvalue weighted by atomic mass is 16.4. The predicted molar refractivity (Wildman–Crippen MR) is 104 cm³/mol. The fourth-order valence-electron chi connectivity index (χ4n) is 3.55. The van der Waals surface area contributed by atoms with Gasteiger partial charge >= 0.3 is 5.97 Å². The molecule has 2 aromatic carbocycles. The lowest BCUT2D eigenvalue weighted by molar-refractivity contribution is -0.143. The predicted octanol–water partition coefficient (Wildman–Crippen LogP) is 3.08. The van der Waals surface area contributed by atoms with Crippen molar-refractivity contribution in [1.82, 2.24) is 10.2 Å². The van der Waals surface area contributed by atoms with E-state index in [9.17, 15) is 9.59 Å². The van der Waals surface area contributed by atoms with Gasteiger partial charge in [0.05, 0.1) is 12.0 Å². The number of piperidine rings is 1. The second-order valence-corrected chi connectivity index (χ2v) is 7.03. The van der Waals surface area contributed by atoms with Crippen LogP contribution in [0.1, 0.15) is 36.4 Å². The maximum atomic E-state index is 12.6. The highest BCUT2D eigenvalue weighted by Gasteiger charge is 2.25. The third-order valence-corrected chi connectivity index (χ3v) is 5.16. The zero-order chi connectivity index (χ0) is 19.1. The molecule has 0 aromatic heterocycles. The molecular weight excluding hydrogens is 340 g/mol. The zero-order valence-electron chi connectivity index (χ0n) is 15.4. The molecule has 27 heavy (non-hydrogen) atoms. The monoisotopic (exact) mass is 366 g/mol. The minimum atomic E-state index is -0.707. The van der Waals surface area contributed by atoms with Gasteiger partial charge in [-0.3, -0.25) is 9.59 Å². The van der Waals surface area contributed by atoms with Crippen LogP contribution in [0.25, 0.3) is 0 Å². The fraction of sp³-hybridized carbons (Fsp3) is 0.364. The van der Waals surface area contributed by atoms with E-state index in [2.05, 4.69) is 10.2 Å². The van der Waals surface area contributed by atoms with Crippen molar-refractivity contribution in [3.05, 3.63) is 71.8 Å². The van der Waals surface area contributed by atoms with Crippen LogP contribution in [0.4, 0.5) is 0 Å². The Hall–Kier alpha value is -2.66. The molecule has 5 heteroatoms. The summed E-state index contributed by atoms with van der Waals surface area (Å²) in [6.45, 7) is 2.14. The number of aliphatic carboxylic acids is 1. The molecule has 1 aliphatic rings. The van der Waals surface area contributed by atoms with Gasteiger partial charge in [-0.1, -0.05) is 60.7 Å². The first kappa shape index (κ1) is 19.1. The molecule has 1 fully saturated rings. The van der Waals surface area contributed by atoms with Crippen molar-refractivity contribution in [3.63, 3.8) is 0 Å². The number of carboxylic acids is 1. The minimum Gasteiger partial charge on any atom is -0.481 e. The van der Waals surface area contributed by atoms with Crippen molar-refractivity contribution in [2.75, 3.05) is 19.6 Å². The average molecular weight is 366 g/mol. The van der Waals surface area contributed by atoms with Crippen LogP contribution in [-0.2, 0) is 9.59 Å². The van der Waals surface area contributed by atoms with Crippen molar-refractivity contribution < 1.29 is 14.7 Å². The lowest BCUT2D eigenvalue weighted by Gasteiger charge is -2.30. The summed E-state index contributed by atoms with van der Waals surface area (Å²) in [6.07, 6.45) is 1.73. The molecule has 0 atom stereocenters. The molecule has 0 saturated carbocycles. The van der Waals surface area contributed by atoms with Crippen LogP contribution in [0.5, 0.6) is 0 Å². The number of carbonyl (C=O) groups is 2. The van der Waals surface area contributed by atoms with E-state index in [-0.39, 0.29) is 17.9 Å². The number of likely N-dealkylation sites (tertiary alicyclic amines) is 1. The standard InChI is InChI=1S/C22H26N2O3/c25-20(13-16-24-14-11-19(12-15-24)22(26)27)23-21(17-7-3-1-4-8-17)18-9-5-2-6-10-18/h1-10,19,21H,11-16H2,(H,23,25)(H,26,27). The van der Waals surface area contributed by atoms with Crippen molar-refractivity contribution in [1.29, 1.82) is 0 Å². The Kier molecular flexibility index (Phi) is 6.60. The van der Waals surface area contributed by atoms with E-state index in [4.69, 9.17) is 5.11 Å². The maximum Gasteiger partial charge on any atom is 0.306 e. The van der Waals surface area contributed by atoms with Gasteiger partial charge in [0.2, 0.25) is 5.91 Å². The zero-order valence-corrected chi connectivity index (χ0v) is 15.4. The average Bonchev–Trinajstić information content (AvgIpc) is 2.72. The first-order valence-corrected chi connectivity index (χ1v) is 9.48. The van der Waals surface area contributed by atoms with Crippen LogP contribution in [-0.4, -0.2) is 41.5 Å². The Labute approximate surface area is 160 Å². The van der Waals surface area contributed by atoms with Crippen molar-refractivity contribution in [2.45, 2.75) is 25.3 Å². The van der Waals surface area contributed by atoms with Crippen molar-refractivity contribution in [2.24, 2.45) is 5.92 Å². The summed E-state index contributed by atoms with van der Waals surface area (Å²) in [4.78, 5) is 25.8. The number of carbonyl (C=O) groups excluding carboxylic acids is 1. The Balaban J connectivity index is 1.57. The smallest absolute Gasteiger partial charge is 0.306 e. The molecule has 1 heterocycles. The summed E-state index contributed by atoms with van der Waals surface area (Å²) < 4.78 is 0. The molecule has 0 spiro atoms. The molecule has 0 aliphatic carbocycles. The van der Waals surface area contributed by atoms with Crippen LogP contribution in [0.2, 0.25) is 0 Å². The van der Waals surface area contributed by atoms with E-state index in [1.165, 1.54) is 0 Å². The van der Waals surface area contributed by atoms with Crippen molar-refractivity contribution in [3.8, 4) is 0 Å². The molecule has 142 valence electrons. The quantitative estimate of drug-likeness (QED) is 0.790. The minimum absolute atomic E-state index is 0.00747. The summed E-state index contributed by atoms with van der Waals surface area (Å²) in [6, 6.07) is 19.8. The summed E-state index contributed by atoms with van der Waals surface area (Å²) in [5.74, 6) is -0.940. The van der Waals surface area contributed by atoms with Gasteiger partial charge in [0.1, 0.15) is 0 Å². The van der Waals surface area contributed by atoms with Crippen LogP contribution in [0.15, 0.2) is 60.7 Å². The highest BCUT2D eigenvalue weighted by Crippen LogP contribution is 2.22. The molecule has 2 N–H and O–H groups in total. The number of amides is 1. The van der Waals surface area contributed by atoms with Crippen LogP contribution in [0.3, 0.4) is 0 Å². The number of rotatable bonds is 7. The van der Waals surface area contributed by atoms with E-state index in [0.29, 0.717) is 25.8 Å². The number of nitrogens with one attached hydrogen (secondary N) is 1. The second kappa shape index (κ2) is 9.33. The lowest BCUT2D eigenvalue weighted by atomic mass is 9.97. The van der Waals surface area contributed by atoms with Crippen molar-refractivity contribution >= 4 is 11.9 Å². The summed E-state index contributed by atoms with van der Waals surface area (Å²) in [5, 5.41) is 12.2. The van der Waals surface area contributed by atoms with E-state index in [1.807, 2.05) is 60.7 Å². The van der Waals surface area contributed by atoms with Gasteiger partial charge in [-0.15, -0.1) is 0 Å². The van der Waals surface area contributed by atoms with E-state index in [1.54, 1.807) is 0 Å². The van der Waals surface area contributed by atoms with Gasteiger partial charge in [-0.2, -0.15) is 0 Å². The number of hydrogen-bond donors (Lipinski definition) is 2. The van der Waals surface area contributed by atoms with Crippen LogP contribution < -0.4 is 5.32 Å². The topological polar surface area (TPSA) is 69.6 Å². The van der Waals surface area contributed by atoms with Crippen LogP contribution >= 0.6 is 0 Å². The number of nitrogens with zero attached hydrogens (tertiary/aromatic N) is 1. The van der Waals surface area contributed by atoms with E-state index < -0.39 is 5.97 Å². The Morgan fingerprint density at radius 2 is 1.48 bits per heavy atom. The van der Waals surface area contributed by atoms with Gasteiger partial charge < -0.3 is 15.3 Å². The number of hydrogen-bond acceptors (Lipinski definition) is 3. The molecule has 1 aliphatic heterocycles. The molecular formula is C22H26N2O3. The van der Waals surface area contributed by atoms with Gasteiger partial charge in [0.15, 0.2) is 0 Å². The first-order chi connectivity index (χ1) is 13.1. The van der Waals surface area contributed by atoms with Gasteiger partial charge in [-0.05, 0) is 37.1 Å². The van der Waals surface area contributed by atoms with E-state index in [0.717, 1.165) is 24.2 Å². The molecule has 1 saturated heterocycles. The Morgan fingerprint density at radius 1 is 0.963 bits per heavy atom. The molecule has 2 aromatic rings. The van der Waals surface area contributed by atoms with Gasteiger partial charge in [0, 0.05) is 13.0 Å². The Morgan fingerprint density at radius 3 is 1.96 bits per heavy atom. The Bertz CT molecular complexity index is 701. The van der Waals surface area contributed by atoms with Gasteiger partial charge in [-0.25, -0.2) is 0 Å².